The van der Waals surface area contributed by atoms with E-state index in [-0.39, 0.29) is 11.9 Å². The molecule has 0 heterocycles. The predicted octanol–water partition coefficient (Wildman–Crippen LogP) is 2.52. The van der Waals surface area contributed by atoms with E-state index in [0.29, 0.717) is 25.4 Å². The summed E-state index contributed by atoms with van der Waals surface area (Å²) in [5.74, 6) is -0.0341. The maximum Gasteiger partial charge on any atom is 0.165 e. The minimum Gasteiger partial charge on any atom is -0.490 e. The third-order valence-electron chi connectivity index (χ3n) is 2.77. The third-order valence-corrected chi connectivity index (χ3v) is 2.77. The zero-order valence-electron chi connectivity index (χ0n) is 11.1. The van der Waals surface area contributed by atoms with Crippen molar-refractivity contribution in [3.05, 3.63) is 29.6 Å². The Morgan fingerprint density at radius 2 is 2.11 bits per heavy atom. The van der Waals surface area contributed by atoms with Crippen molar-refractivity contribution in [2.45, 2.75) is 32.2 Å². The summed E-state index contributed by atoms with van der Waals surface area (Å²) in [6.45, 7) is 3.10. The average Bonchev–Trinajstić information content (AvgIpc) is 2.36. The van der Waals surface area contributed by atoms with Crippen LogP contribution in [0.3, 0.4) is 0 Å². The van der Waals surface area contributed by atoms with Gasteiger partial charge in [-0.2, -0.15) is 0 Å². The molecule has 2 N–H and O–H groups in total. The van der Waals surface area contributed by atoms with Crippen molar-refractivity contribution in [3.8, 4) is 5.75 Å². The summed E-state index contributed by atoms with van der Waals surface area (Å²) >= 11 is 0. The number of hydrogen-bond acceptors (Lipinski definition) is 3. The van der Waals surface area contributed by atoms with Gasteiger partial charge in [-0.25, -0.2) is 4.39 Å². The molecule has 0 bridgehead atoms. The number of rotatable bonds is 8. The van der Waals surface area contributed by atoms with Crippen LogP contribution in [0.1, 0.15) is 25.3 Å². The van der Waals surface area contributed by atoms with Crippen LogP contribution in [0.4, 0.5) is 4.39 Å². The van der Waals surface area contributed by atoms with Crippen molar-refractivity contribution in [1.82, 2.24) is 0 Å². The molecule has 1 atom stereocenters. The normalized spacial score (nSPS) is 12.4. The van der Waals surface area contributed by atoms with Crippen molar-refractivity contribution in [3.63, 3.8) is 0 Å². The van der Waals surface area contributed by atoms with Gasteiger partial charge in [0.1, 0.15) is 0 Å². The molecule has 1 unspecified atom stereocenters. The Hall–Kier alpha value is -1.13. The summed E-state index contributed by atoms with van der Waals surface area (Å²) in [7, 11) is 1.63. The predicted molar refractivity (Wildman–Crippen MR) is 70.4 cm³/mol. The smallest absolute Gasteiger partial charge is 0.165 e. The third kappa shape index (κ3) is 5.02. The number of halogens is 1. The van der Waals surface area contributed by atoms with Crippen LogP contribution in [0, 0.1) is 5.82 Å². The van der Waals surface area contributed by atoms with Crippen LogP contribution >= 0.6 is 0 Å². The lowest BCUT2D eigenvalue weighted by Gasteiger charge is -2.11. The summed E-state index contributed by atoms with van der Waals surface area (Å²) in [4.78, 5) is 0. The van der Waals surface area contributed by atoms with E-state index < -0.39 is 0 Å². The lowest BCUT2D eigenvalue weighted by Crippen LogP contribution is -2.21. The van der Waals surface area contributed by atoms with Crippen LogP contribution in [0.15, 0.2) is 18.2 Å². The molecule has 18 heavy (non-hydrogen) atoms. The number of ether oxygens (including phenoxy) is 2. The first-order valence-corrected chi connectivity index (χ1v) is 6.33. The molecule has 0 amide bonds. The lowest BCUT2D eigenvalue weighted by atomic mass is 10.0. The Bertz CT molecular complexity index is 358. The SMILES string of the molecule is CCC(N)Cc1ccc(OCCCOC)c(F)c1. The highest BCUT2D eigenvalue weighted by atomic mass is 19.1. The van der Waals surface area contributed by atoms with E-state index >= 15 is 0 Å². The molecule has 0 aromatic heterocycles. The molecule has 0 spiro atoms. The molecule has 102 valence electrons. The first kappa shape index (κ1) is 14.9. The van der Waals surface area contributed by atoms with Gasteiger partial charge in [-0.1, -0.05) is 13.0 Å². The molecule has 3 nitrogen and oxygen atoms in total. The largest absolute Gasteiger partial charge is 0.490 e. The number of hydrogen-bond donors (Lipinski definition) is 1. The fraction of sp³-hybridized carbons (Fsp3) is 0.571. The van der Waals surface area contributed by atoms with E-state index in [1.807, 2.05) is 13.0 Å². The van der Waals surface area contributed by atoms with E-state index in [1.165, 1.54) is 6.07 Å². The van der Waals surface area contributed by atoms with Crippen LogP contribution in [-0.2, 0) is 11.2 Å². The van der Waals surface area contributed by atoms with Gasteiger partial charge >= 0.3 is 0 Å². The second-order valence-electron chi connectivity index (χ2n) is 4.33. The molecular weight excluding hydrogens is 233 g/mol. The van der Waals surface area contributed by atoms with Crippen molar-refractivity contribution < 1.29 is 13.9 Å². The van der Waals surface area contributed by atoms with Crippen molar-refractivity contribution in [2.24, 2.45) is 5.73 Å². The molecule has 1 rings (SSSR count). The van der Waals surface area contributed by atoms with Crippen LogP contribution in [0.25, 0.3) is 0 Å². The Balaban J connectivity index is 2.51. The summed E-state index contributed by atoms with van der Waals surface area (Å²) in [5.41, 5.74) is 6.75. The first-order valence-electron chi connectivity index (χ1n) is 6.33. The molecular formula is C14H22FNO2. The van der Waals surface area contributed by atoms with E-state index in [2.05, 4.69) is 0 Å². The van der Waals surface area contributed by atoms with Crippen molar-refractivity contribution in [1.29, 1.82) is 0 Å². The molecule has 0 radical (unpaired) electrons. The zero-order valence-corrected chi connectivity index (χ0v) is 11.1. The maximum atomic E-state index is 13.7. The van der Waals surface area contributed by atoms with E-state index in [0.717, 1.165) is 18.4 Å². The highest BCUT2D eigenvalue weighted by Crippen LogP contribution is 2.19. The minimum atomic E-state index is -0.326. The topological polar surface area (TPSA) is 44.5 Å². The summed E-state index contributed by atoms with van der Waals surface area (Å²) < 4.78 is 24.0. The standard InChI is InChI=1S/C14H22FNO2/c1-3-12(16)9-11-5-6-14(13(15)10-11)18-8-4-7-17-2/h5-6,10,12H,3-4,7-9,16H2,1-2H3. The molecule has 4 heteroatoms. The van der Waals surface area contributed by atoms with Crippen LogP contribution in [-0.4, -0.2) is 26.4 Å². The second-order valence-corrected chi connectivity index (χ2v) is 4.33. The molecule has 0 saturated carbocycles. The fourth-order valence-electron chi connectivity index (χ4n) is 1.62. The number of methoxy groups -OCH3 is 1. The Kier molecular flexibility index (Phi) is 6.68. The minimum absolute atomic E-state index is 0.0814. The quantitative estimate of drug-likeness (QED) is 0.726. The van der Waals surface area contributed by atoms with Gasteiger partial charge in [-0.3, -0.25) is 0 Å². The van der Waals surface area contributed by atoms with Crippen molar-refractivity contribution >= 4 is 0 Å². The number of benzene rings is 1. The van der Waals surface area contributed by atoms with Crippen molar-refractivity contribution in [2.75, 3.05) is 20.3 Å². The van der Waals surface area contributed by atoms with Gasteiger partial charge in [-0.05, 0) is 30.5 Å². The van der Waals surface area contributed by atoms with Gasteiger partial charge in [0, 0.05) is 26.2 Å². The van der Waals surface area contributed by atoms with Gasteiger partial charge in [0.15, 0.2) is 11.6 Å². The molecule has 0 fully saturated rings. The highest BCUT2D eigenvalue weighted by Gasteiger charge is 2.07. The van der Waals surface area contributed by atoms with Gasteiger partial charge < -0.3 is 15.2 Å². The van der Waals surface area contributed by atoms with Gasteiger partial charge in [0.2, 0.25) is 0 Å². The molecule has 0 aliphatic rings. The monoisotopic (exact) mass is 255 g/mol. The first-order chi connectivity index (χ1) is 8.67. The summed E-state index contributed by atoms with van der Waals surface area (Å²) in [5, 5.41) is 0. The molecule has 1 aromatic carbocycles. The molecule has 1 aromatic rings. The molecule has 0 saturated heterocycles. The Morgan fingerprint density at radius 3 is 2.72 bits per heavy atom. The van der Waals surface area contributed by atoms with Gasteiger partial charge in [0.05, 0.1) is 6.61 Å². The average molecular weight is 255 g/mol. The van der Waals surface area contributed by atoms with E-state index in [9.17, 15) is 4.39 Å². The highest BCUT2D eigenvalue weighted by molar-refractivity contribution is 5.29. The molecule has 0 aliphatic heterocycles. The second kappa shape index (κ2) is 8.06. The Labute approximate surface area is 108 Å². The van der Waals surface area contributed by atoms with Gasteiger partial charge in [0.25, 0.3) is 0 Å². The lowest BCUT2D eigenvalue weighted by molar-refractivity contribution is 0.170. The number of nitrogens with two attached hydrogens (primary N) is 1. The van der Waals surface area contributed by atoms with E-state index in [1.54, 1.807) is 13.2 Å². The van der Waals surface area contributed by atoms with Gasteiger partial charge in [-0.15, -0.1) is 0 Å². The van der Waals surface area contributed by atoms with E-state index in [4.69, 9.17) is 15.2 Å². The summed E-state index contributed by atoms with van der Waals surface area (Å²) in [6, 6.07) is 5.11. The van der Waals surface area contributed by atoms with Crippen LogP contribution in [0.5, 0.6) is 5.75 Å². The Morgan fingerprint density at radius 1 is 1.33 bits per heavy atom. The zero-order chi connectivity index (χ0) is 13.4. The van der Waals surface area contributed by atoms with Crippen LogP contribution < -0.4 is 10.5 Å². The fourth-order valence-corrected chi connectivity index (χ4v) is 1.62. The summed E-state index contributed by atoms with van der Waals surface area (Å²) in [6.07, 6.45) is 2.33. The molecule has 0 aliphatic carbocycles. The maximum absolute atomic E-state index is 13.7. The van der Waals surface area contributed by atoms with Crippen LogP contribution in [0.2, 0.25) is 0 Å².